The predicted octanol–water partition coefficient (Wildman–Crippen LogP) is 2.99. The van der Waals surface area contributed by atoms with Crippen molar-refractivity contribution in [3.63, 3.8) is 0 Å². The Morgan fingerprint density at radius 2 is 1.97 bits per heavy atom. The fourth-order valence-corrected chi connectivity index (χ4v) is 3.49. The van der Waals surface area contributed by atoms with Crippen molar-refractivity contribution in [2.75, 3.05) is 13.1 Å². The second-order valence-electron chi connectivity index (χ2n) is 7.28. The van der Waals surface area contributed by atoms with Crippen molar-refractivity contribution in [1.29, 1.82) is 0 Å². The minimum absolute atomic E-state index is 0.0676. The van der Waals surface area contributed by atoms with Crippen molar-refractivity contribution < 1.29 is 23.0 Å². The van der Waals surface area contributed by atoms with E-state index in [9.17, 15) is 4.79 Å². The van der Waals surface area contributed by atoms with Crippen LogP contribution in [-0.2, 0) is 17.8 Å². The lowest BCUT2D eigenvalue weighted by Gasteiger charge is -2.31. The fraction of sp³-hybridized carbons (Fsp3) is 0.500. The Kier molecular flexibility index (Phi) is 5.48. The normalized spacial score (nSPS) is 15.2. The SMILES string of the molecule is Cc1noc(COC2CCN(C(=O)c3ccc(Cc4c(C)noc4C)o3)CC2)n1. The summed E-state index contributed by atoms with van der Waals surface area (Å²) in [5.74, 6) is 2.81. The lowest BCUT2D eigenvalue weighted by atomic mass is 10.1. The average Bonchev–Trinajstić information content (AvgIpc) is 3.44. The summed E-state index contributed by atoms with van der Waals surface area (Å²) in [7, 11) is 0. The molecular formula is C20H24N4O5. The molecule has 154 valence electrons. The highest BCUT2D eigenvalue weighted by Gasteiger charge is 2.26. The lowest BCUT2D eigenvalue weighted by molar-refractivity contribution is -0.0103. The van der Waals surface area contributed by atoms with E-state index >= 15 is 0 Å². The Morgan fingerprint density at radius 1 is 1.17 bits per heavy atom. The highest BCUT2D eigenvalue weighted by molar-refractivity contribution is 5.91. The Balaban J connectivity index is 1.29. The highest BCUT2D eigenvalue weighted by atomic mass is 16.5. The fourth-order valence-electron chi connectivity index (χ4n) is 3.49. The summed E-state index contributed by atoms with van der Waals surface area (Å²) in [6, 6.07) is 3.57. The van der Waals surface area contributed by atoms with Crippen LogP contribution in [0.25, 0.3) is 0 Å². The van der Waals surface area contributed by atoms with Crippen molar-refractivity contribution in [2.24, 2.45) is 0 Å². The van der Waals surface area contributed by atoms with Crippen LogP contribution in [0.5, 0.6) is 0 Å². The number of amides is 1. The molecule has 3 aromatic heterocycles. The number of likely N-dealkylation sites (tertiary alicyclic amines) is 1. The van der Waals surface area contributed by atoms with Gasteiger partial charge in [-0.1, -0.05) is 10.3 Å². The summed E-state index contributed by atoms with van der Waals surface area (Å²) in [5, 5.41) is 7.70. The van der Waals surface area contributed by atoms with E-state index in [0.29, 0.717) is 43.6 Å². The van der Waals surface area contributed by atoms with Crippen LogP contribution in [0.4, 0.5) is 0 Å². The first-order chi connectivity index (χ1) is 14.0. The maximum absolute atomic E-state index is 12.8. The molecule has 1 fully saturated rings. The summed E-state index contributed by atoms with van der Waals surface area (Å²) in [5.41, 5.74) is 1.83. The summed E-state index contributed by atoms with van der Waals surface area (Å²) in [6.45, 7) is 7.07. The van der Waals surface area contributed by atoms with Crippen molar-refractivity contribution >= 4 is 5.91 Å². The van der Waals surface area contributed by atoms with Gasteiger partial charge in [-0.05, 0) is 45.7 Å². The molecule has 0 N–H and O–H groups in total. The first kappa shape index (κ1) is 19.4. The van der Waals surface area contributed by atoms with Gasteiger partial charge < -0.3 is 23.1 Å². The van der Waals surface area contributed by atoms with Crippen LogP contribution in [0.3, 0.4) is 0 Å². The molecule has 3 aromatic rings. The first-order valence-corrected chi connectivity index (χ1v) is 9.70. The zero-order valence-corrected chi connectivity index (χ0v) is 16.8. The van der Waals surface area contributed by atoms with Gasteiger partial charge in [0.15, 0.2) is 11.6 Å². The molecule has 9 nitrogen and oxygen atoms in total. The maximum Gasteiger partial charge on any atom is 0.289 e. The minimum Gasteiger partial charge on any atom is -0.456 e. The average molecular weight is 400 g/mol. The molecule has 4 rings (SSSR count). The minimum atomic E-state index is -0.0963. The zero-order chi connectivity index (χ0) is 20.4. The molecule has 9 heteroatoms. The van der Waals surface area contributed by atoms with E-state index in [1.807, 2.05) is 19.9 Å². The standard InChI is InChI=1S/C20H24N4O5/c1-12-17(13(2)28-22-12)10-16-4-5-18(27-16)20(25)24-8-6-15(7-9-24)26-11-19-21-14(3)23-29-19/h4-5,15H,6-11H2,1-3H3. The molecule has 0 bridgehead atoms. The molecule has 0 spiro atoms. The lowest BCUT2D eigenvalue weighted by Crippen LogP contribution is -2.40. The number of nitrogens with zero attached hydrogens (tertiary/aromatic N) is 4. The van der Waals surface area contributed by atoms with Gasteiger partial charge in [0, 0.05) is 25.1 Å². The number of furan rings is 1. The van der Waals surface area contributed by atoms with Crippen LogP contribution in [0.15, 0.2) is 25.6 Å². The quantitative estimate of drug-likeness (QED) is 0.621. The molecule has 0 aliphatic carbocycles. The van der Waals surface area contributed by atoms with Crippen LogP contribution in [-0.4, -0.2) is 45.3 Å². The second kappa shape index (κ2) is 8.20. The first-order valence-electron chi connectivity index (χ1n) is 9.70. The van der Waals surface area contributed by atoms with Gasteiger partial charge in [0.25, 0.3) is 11.8 Å². The number of ether oxygens (including phenoxy) is 1. The third kappa shape index (κ3) is 4.40. The number of carbonyl (C=O) groups is 1. The molecule has 0 saturated carbocycles. The number of piperidine rings is 1. The number of hydrogen-bond donors (Lipinski definition) is 0. The van der Waals surface area contributed by atoms with Crippen LogP contribution in [0.1, 0.15) is 57.9 Å². The Labute approximate surface area is 168 Å². The van der Waals surface area contributed by atoms with Gasteiger partial charge in [0.2, 0.25) is 0 Å². The summed E-state index contributed by atoms with van der Waals surface area (Å²) in [4.78, 5) is 18.7. The molecule has 4 heterocycles. The second-order valence-corrected chi connectivity index (χ2v) is 7.28. The number of aromatic nitrogens is 3. The van der Waals surface area contributed by atoms with E-state index < -0.39 is 0 Å². The van der Waals surface area contributed by atoms with Crippen molar-refractivity contribution in [1.82, 2.24) is 20.2 Å². The molecule has 0 radical (unpaired) electrons. The van der Waals surface area contributed by atoms with E-state index in [0.717, 1.165) is 35.6 Å². The number of rotatable bonds is 6. The Morgan fingerprint density at radius 3 is 2.62 bits per heavy atom. The van der Waals surface area contributed by atoms with E-state index in [1.165, 1.54) is 0 Å². The summed E-state index contributed by atoms with van der Waals surface area (Å²) < 4.78 is 21.9. The third-order valence-corrected chi connectivity index (χ3v) is 5.15. The van der Waals surface area contributed by atoms with Crippen LogP contribution < -0.4 is 0 Å². The van der Waals surface area contributed by atoms with E-state index in [1.54, 1.807) is 17.9 Å². The van der Waals surface area contributed by atoms with Gasteiger partial charge in [0.1, 0.15) is 18.1 Å². The van der Waals surface area contributed by atoms with Gasteiger partial charge in [0.05, 0.1) is 11.8 Å². The molecule has 1 aliphatic heterocycles. The van der Waals surface area contributed by atoms with E-state index in [-0.39, 0.29) is 12.0 Å². The van der Waals surface area contributed by atoms with Crippen LogP contribution >= 0.6 is 0 Å². The van der Waals surface area contributed by atoms with Crippen molar-refractivity contribution in [3.05, 3.63) is 52.4 Å². The van der Waals surface area contributed by atoms with Gasteiger partial charge in [-0.2, -0.15) is 4.98 Å². The van der Waals surface area contributed by atoms with Crippen molar-refractivity contribution in [2.45, 2.75) is 52.7 Å². The van der Waals surface area contributed by atoms with Crippen LogP contribution in [0, 0.1) is 20.8 Å². The van der Waals surface area contributed by atoms with Crippen molar-refractivity contribution in [3.8, 4) is 0 Å². The zero-order valence-electron chi connectivity index (χ0n) is 16.8. The van der Waals surface area contributed by atoms with E-state index in [2.05, 4.69) is 15.3 Å². The maximum atomic E-state index is 12.8. The third-order valence-electron chi connectivity index (χ3n) is 5.15. The molecule has 1 saturated heterocycles. The summed E-state index contributed by atoms with van der Waals surface area (Å²) >= 11 is 0. The molecule has 1 aliphatic rings. The smallest absolute Gasteiger partial charge is 0.289 e. The monoisotopic (exact) mass is 400 g/mol. The number of carbonyl (C=O) groups excluding carboxylic acids is 1. The molecule has 1 amide bonds. The number of hydrogen-bond acceptors (Lipinski definition) is 8. The predicted molar refractivity (Wildman–Crippen MR) is 100 cm³/mol. The highest BCUT2D eigenvalue weighted by Crippen LogP contribution is 2.22. The molecule has 29 heavy (non-hydrogen) atoms. The van der Waals surface area contributed by atoms with Gasteiger partial charge in [-0.15, -0.1) is 0 Å². The topological polar surface area (TPSA) is 108 Å². The largest absolute Gasteiger partial charge is 0.456 e. The molecule has 0 unspecified atom stereocenters. The Hall–Kier alpha value is -2.94. The van der Waals surface area contributed by atoms with Gasteiger partial charge in [-0.3, -0.25) is 4.79 Å². The van der Waals surface area contributed by atoms with Gasteiger partial charge in [-0.25, -0.2) is 0 Å². The van der Waals surface area contributed by atoms with E-state index in [4.69, 9.17) is 18.2 Å². The van der Waals surface area contributed by atoms with Crippen LogP contribution in [0.2, 0.25) is 0 Å². The van der Waals surface area contributed by atoms with Gasteiger partial charge >= 0.3 is 0 Å². The summed E-state index contributed by atoms with van der Waals surface area (Å²) in [6.07, 6.45) is 2.13. The molecular weight excluding hydrogens is 376 g/mol. The molecule has 0 atom stereocenters. The molecule has 0 aromatic carbocycles. The Bertz CT molecular complexity index is 961. The number of aryl methyl sites for hydroxylation is 3.